The lowest BCUT2D eigenvalue weighted by Crippen LogP contribution is -2.10. The van der Waals surface area contributed by atoms with Crippen LogP contribution in [-0.2, 0) is 0 Å². The number of furan rings is 2. The van der Waals surface area contributed by atoms with Crippen molar-refractivity contribution in [1.82, 2.24) is 0 Å². The van der Waals surface area contributed by atoms with Crippen LogP contribution in [0.2, 0.25) is 0 Å². The summed E-state index contributed by atoms with van der Waals surface area (Å²) in [7, 11) is 0. The first-order chi connectivity index (χ1) is 28.8. The molecule has 0 radical (unpaired) electrons. The van der Waals surface area contributed by atoms with E-state index in [1.54, 1.807) is 0 Å². The maximum Gasteiger partial charge on any atom is 0.159 e. The van der Waals surface area contributed by atoms with Gasteiger partial charge in [-0.2, -0.15) is 0 Å². The monoisotopic (exact) mass is 759 g/mol. The van der Waals surface area contributed by atoms with Crippen LogP contribution in [0.1, 0.15) is 0 Å². The maximum absolute atomic E-state index is 6.97. The van der Waals surface area contributed by atoms with E-state index in [1.807, 2.05) is 17.4 Å². The van der Waals surface area contributed by atoms with Crippen LogP contribution >= 0.6 is 11.3 Å². The molecule has 3 aromatic heterocycles. The summed E-state index contributed by atoms with van der Waals surface area (Å²) < 4.78 is 16.0. The number of nitrogens with zero attached hydrogens (tertiary/aromatic N) is 1. The zero-order valence-corrected chi connectivity index (χ0v) is 32.0. The Morgan fingerprint density at radius 1 is 0.328 bits per heavy atom. The molecule has 0 aliphatic rings. The zero-order valence-electron chi connectivity index (χ0n) is 31.2. The molecule has 9 aromatic carbocycles. The number of hydrogen-bond acceptors (Lipinski definition) is 4. The Bertz CT molecular complexity index is 3490. The van der Waals surface area contributed by atoms with Crippen LogP contribution in [-0.4, -0.2) is 0 Å². The minimum Gasteiger partial charge on any atom is -0.455 e. The predicted molar refractivity (Wildman–Crippen MR) is 245 cm³/mol. The number of fused-ring (bicyclic) bond motifs is 10. The molecule has 0 saturated carbocycles. The second kappa shape index (κ2) is 13.1. The molecule has 0 aliphatic carbocycles. The van der Waals surface area contributed by atoms with Crippen molar-refractivity contribution < 1.29 is 8.83 Å². The third-order valence-corrected chi connectivity index (χ3v) is 12.6. The average molecular weight is 760 g/mol. The summed E-state index contributed by atoms with van der Waals surface area (Å²) in [5, 5.41) is 6.89. The van der Waals surface area contributed by atoms with Gasteiger partial charge in [0, 0.05) is 58.7 Å². The van der Waals surface area contributed by atoms with Crippen LogP contribution < -0.4 is 4.90 Å². The molecule has 0 saturated heterocycles. The van der Waals surface area contributed by atoms with Crippen LogP contribution in [0.3, 0.4) is 0 Å². The van der Waals surface area contributed by atoms with E-state index in [4.69, 9.17) is 8.83 Å². The van der Waals surface area contributed by atoms with Gasteiger partial charge in [-0.05, 0) is 82.4 Å². The van der Waals surface area contributed by atoms with Crippen molar-refractivity contribution in [3.05, 3.63) is 200 Å². The van der Waals surface area contributed by atoms with Gasteiger partial charge in [0.05, 0.1) is 5.69 Å². The number of anilines is 3. The molecule has 3 heterocycles. The predicted octanol–water partition coefficient (Wildman–Crippen LogP) is 16.3. The van der Waals surface area contributed by atoms with Crippen molar-refractivity contribution in [1.29, 1.82) is 0 Å². The van der Waals surface area contributed by atoms with E-state index in [1.165, 1.54) is 36.9 Å². The van der Waals surface area contributed by atoms with Gasteiger partial charge in [0.1, 0.15) is 16.7 Å². The molecule has 0 bridgehead atoms. The lowest BCUT2D eigenvalue weighted by molar-refractivity contribution is 0.670. The van der Waals surface area contributed by atoms with Crippen LogP contribution in [0, 0.1) is 0 Å². The Hall–Kier alpha value is -7.40. The largest absolute Gasteiger partial charge is 0.455 e. The zero-order chi connectivity index (χ0) is 38.2. The molecular formula is C54H33NO2S. The average Bonchev–Trinajstić information content (AvgIpc) is 3.99. The molecule has 0 spiro atoms. The number of benzene rings is 9. The van der Waals surface area contributed by atoms with E-state index in [0.29, 0.717) is 0 Å². The third-order valence-electron chi connectivity index (χ3n) is 11.5. The highest BCUT2D eigenvalue weighted by molar-refractivity contribution is 7.26. The SMILES string of the molecule is c1ccc(-c2ccc(N(c3ccc(-c4cccc5sc6ccc7c8ccccc8oc7c6c45)cc3)c3cccc4c3oc3c(-c5ccccc5)cccc34)cc2)cc1. The van der Waals surface area contributed by atoms with Crippen molar-refractivity contribution >= 4 is 92.4 Å². The molecule has 272 valence electrons. The van der Waals surface area contributed by atoms with E-state index in [-0.39, 0.29) is 0 Å². The molecule has 0 aliphatic heterocycles. The molecule has 12 aromatic rings. The maximum atomic E-state index is 6.97. The third kappa shape index (κ3) is 5.12. The van der Waals surface area contributed by atoms with Crippen LogP contribution in [0.4, 0.5) is 17.1 Å². The summed E-state index contributed by atoms with van der Waals surface area (Å²) in [6.45, 7) is 0. The van der Waals surface area contributed by atoms with Crippen molar-refractivity contribution in [2.75, 3.05) is 4.90 Å². The van der Waals surface area contributed by atoms with Crippen LogP contribution in [0.25, 0.3) is 97.4 Å². The van der Waals surface area contributed by atoms with Crippen molar-refractivity contribution in [3.8, 4) is 33.4 Å². The minimum atomic E-state index is 0.849. The Morgan fingerprint density at radius 3 is 1.66 bits per heavy atom. The van der Waals surface area contributed by atoms with E-state index >= 15 is 0 Å². The normalized spacial score (nSPS) is 11.8. The first kappa shape index (κ1) is 32.8. The molecule has 0 atom stereocenters. The number of hydrogen-bond donors (Lipinski definition) is 0. The van der Waals surface area contributed by atoms with E-state index in [0.717, 1.165) is 77.6 Å². The van der Waals surface area contributed by atoms with Gasteiger partial charge in [0.25, 0.3) is 0 Å². The van der Waals surface area contributed by atoms with Crippen molar-refractivity contribution in [2.24, 2.45) is 0 Å². The summed E-state index contributed by atoms with van der Waals surface area (Å²) in [6.07, 6.45) is 0. The fourth-order valence-corrected chi connectivity index (χ4v) is 9.93. The summed E-state index contributed by atoms with van der Waals surface area (Å²) in [6, 6.07) is 71.2. The van der Waals surface area contributed by atoms with Gasteiger partial charge in [0.15, 0.2) is 5.58 Å². The first-order valence-electron chi connectivity index (χ1n) is 19.6. The molecule has 0 amide bonds. The quantitative estimate of drug-likeness (QED) is 0.169. The van der Waals surface area contributed by atoms with Gasteiger partial charge in [-0.15, -0.1) is 11.3 Å². The number of thiophene rings is 1. The molecule has 0 fully saturated rings. The minimum absolute atomic E-state index is 0.849. The Morgan fingerprint density at radius 2 is 0.879 bits per heavy atom. The van der Waals surface area contributed by atoms with Crippen LogP contribution in [0.5, 0.6) is 0 Å². The molecule has 0 N–H and O–H groups in total. The second-order valence-corrected chi connectivity index (χ2v) is 15.9. The molecule has 58 heavy (non-hydrogen) atoms. The Balaban J connectivity index is 1.03. The van der Waals surface area contributed by atoms with E-state index in [9.17, 15) is 0 Å². The fourth-order valence-electron chi connectivity index (χ4n) is 8.80. The fraction of sp³-hybridized carbons (Fsp3) is 0. The Labute approximate surface area is 338 Å². The van der Waals surface area contributed by atoms with Gasteiger partial charge >= 0.3 is 0 Å². The van der Waals surface area contributed by atoms with Crippen LogP contribution in [0.15, 0.2) is 209 Å². The molecule has 12 rings (SSSR count). The highest BCUT2D eigenvalue weighted by Gasteiger charge is 2.22. The number of para-hydroxylation sites is 3. The topological polar surface area (TPSA) is 29.5 Å². The van der Waals surface area contributed by atoms with Crippen molar-refractivity contribution in [3.63, 3.8) is 0 Å². The first-order valence-corrected chi connectivity index (χ1v) is 20.4. The van der Waals surface area contributed by atoms with E-state index in [2.05, 4.69) is 199 Å². The van der Waals surface area contributed by atoms with Gasteiger partial charge in [-0.25, -0.2) is 0 Å². The highest BCUT2D eigenvalue weighted by Crippen LogP contribution is 2.47. The van der Waals surface area contributed by atoms with Gasteiger partial charge < -0.3 is 13.7 Å². The van der Waals surface area contributed by atoms with Gasteiger partial charge in [-0.1, -0.05) is 146 Å². The molecule has 4 heteroatoms. The summed E-state index contributed by atoms with van der Waals surface area (Å²) in [5.74, 6) is 0. The summed E-state index contributed by atoms with van der Waals surface area (Å²) >= 11 is 1.82. The molecule has 3 nitrogen and oxygen atoms in total. The smallest absolute Gasteiger partial charge is 0.159 e. The van der Waals surface area contributed by atoms with E-state index < -0.39 is 0 Å². The lowest BCUT2D eigenvalue weighted by Gasteiger charge is -2.26. The van der Waals surface area contributed by atoms with Gasteiger partial charge in [0.2, 0.25) is 0 Å². The Kier molecular flexibility index (Phi) is 7.40. The lowest BCUT2D eigenvalue weighted by atomic mass is 9.98. The van der Waals surface area contributed by atoms with Crippen molar-refractivity contribution in [2.45, 2.75) is 0 Å². The summed E-state index contributed by atoms with van der Waals surface area (Å²) in [5.41, 5.74) is 13.6. The molecule has 0 unspecified atom stereocenters. The number of rotatable bonds is 6. The molecular weight excluding hydrogens is 727 g/mol. The standard InChI is InChI=1S/C54H33NO2S/c1-3-12-34(13-4-1)35-24-28-38(29-25-35)55(46-21-10-20-44-43-19-9-18-41(52(43)57-53(44)46)36-14-5-2-6-15-36)39-30-26-37(27-31-39)40-17-11-23-48-50(40)51-49(58-48)33-32-45-42-16-7-8-22-47(42)56-54(45)51/h1-33H. The van der Waals surface area contributed by atoms with Gasteiger partial charge in [-0.3, -0.25) is 0 Å². The summed E-state index contributed by atoms with van der Waals surface area (Å²) in [4.78, 5) is 2.32. The second-order valence-electron chi connectivity index (χ2n) is 14.8. The highest BCUT2D eigenvalue weighted by atomic mass is 32.1.